The van der Waals surface area contributed by atoms with Gasteiger partial charge >= 0.3 is 0 Å². The molecule has 0 amide bonds. The quantitative estimate of drug-likeness (QED) is 0.776. The first kappa shape index (κ1) is 15.8. The van der Waals surface area contributed by atoms with Crippen LogP contribution in [0.4, 0.5) is 19.1 Å². The molecular formula is C18H15F3N4. The highest BCUT2D eigenvalue weighted by Gasteiger charge is 2.21. The molecule has 4 rings (SSSR count). The van der Waals surface area contributed by atoms with Gasteiger partial charge in [-0.05, 0) is 24.3 Å². The molecule has 0 atom stereocenters. The van der Waals surface area contributed by atoms with Gasteiger partial charge in [-0.3, -0.25) is 0 Å². The molecule has 7 heteroatoms. The van der Waals surface area contributed by atoms with E-state index in [1.165, 1.54) is 36.4 Å². The van der Waals surface area contributed by atoms with E-state index in [0.717, 1.165) is 13.1 Å². The predicted octanol–water partition coefficient (Wildman–Crippen LogP) is 3.12. The zero-order valence-corrected chi connectivity index (χ0v) is 13.3. The topological polar surface area (TPSA) is 41.1 Å². The van der Waals surface area contributed by atoms with Gasteiger partial charge < -0.3 is 10.2 Å². The number of anilines is 1. The van der Waals surface area contributed by atoms with Crippen molar-refractivity contribution in [1.29, 1.82) is 0 Å². The average Bonchev–Trinajstić information content (AvgIpc) is 2.61. The predicted molar refractivity (Wildman–Crippen MR) is 89.9 cm³/mol. The van der Waals surface area contributed by atoms with E-state index in [4.69, 9.17) is 0 Å². The van der Waals surface area contributed by atoms with Gasteiger partial charge in [0.05, 0.1) is 16.8 Å². The average molecular weight is 344 g/mol. The summed E-state index contributed by atoms with van der Waals surface area (Å²) in [6, 6.07) is 7.60. The Morgan fingerprint density at radius 3 is 2.36 bits per heavy atom. The number of aromatic nitrogens is 2. The van der Waals surface area contributed by atoms with E-state index in [2.05, 4.69) is 15.3 Å². The minimum Gasteiger partial charge on any atom is -0.338 e. The van der Waals surface area contributed by atoms with E-state index < -0.39 is 17.5 Å². The Morgan fingerprint density at radius 1 is 0.920 bits per heavy atom. The van der Waals surface area contributed by atoms with Gasteiger partial charge in [0.15, 0.2) is 0 Å². The molecule has 1 fully saturated rings. The SMILES string of the molecule is Fc1ccc2c(-c3c(F)cccc3F)nc(N3CCNCC3)nc2c1. The van der Waals surface area contributed by atoms with E-state index in [-0.39, 0.29) is 11.3 Å². The van der Waals surface area contributed by atoms with Crippen LogP contribution in [0.2, 0.25) is 0 Å². The summed E-state index contributed by atoms with van der Waals surface area (Å²) in [6.07, 6.45) is 0. The normalized spacial score (nSPS) is 14.9. The number of benzene rings is 2. The van der Waals surface area contributed by atoms with Crippen LogP contribution in [0.1, 0.15) is 0 Å². The molecule has 0 spiro atoms. The fourth-order valence-electron chi connectivity index (χ4n) is 3.01. The molecule has 0 aliphatic carbocycles. The number of halogens is 3. The molecule has 2 aromatic carbocycles. The van der Waals surface area contributed by atoms with Crippen LogP contribution in [0.3, 0.4) is 0 Å². The van der Waals surface area contributed by atoms with Crippen molar-refractivity contribution in [2.24, 2.45) is 0 Å². The zero-order valence-electron chi connectivity index (χ0n) is 13.3. The summed E-state index contributed by atoms with van der Waals surface area (Å²) in [5.41, 5.74) is 0.230. The van der Waals surface area contributed by atoms with Crippen LogP contribution in [-0.4, -0.2) is 36.1 Å². The largest absolute Gasteiger partial charge is 0.338 e. The van der Waals surface area contributed by atoms with E-state index in [0.29, 0.717) is 29.9 Å². The van der Waals surface area contributed by atoms with Crippen LogP contribution in [0.25, 0.3) is 22.2 Å². The maximum absolute atomic E-state index is 14.3. The Hall–Kier alpha value is -2.67. The van der Waals surface area contributed by atoms with Crippen LogP contribution < -0.4 is 10.2 Å². The third-order valence-electron chi connectivity index (χ3n) is 4.25. The summed E-state index contributed by atoms with van der Waals surface area (Å²) < 4.78 is 42.3. The van der Waals surface area contributed by atoms with Crippen molar-refractivity contribution in [2.45, 2.75) is 0 Å². The van der Waals surface area contributed by atoms with Gasteiger partial charge in [-0.15, -0.1) is 0 Å². The molecule has 128 valence electrons. The summed E-state index contributed by atoms with van der Waals surface area (Å²) in [5.74, 6) is -1.54. The van der Waals surface area contributed by atoms with Gasteiger partial charge in [0, 0.05) is 37.6 Å². The van der Waals surface area contributed by atoms with Crippen molar-refractivity contribution in [3.63, 3.8) is 0 Å². The fraction of sp³-hybridized carbons (Fsp3) is 0.222. The Balaban J connectivity index is 1.98. The molecule has 0 radical (unpaired) electrons. The minimum atomic E-state index is -0.712. The van der Waals surface area contributed by atoms with Gasteiger partial charge in [0.25, 0.3) is 0 Å². The summed E-state index contributed by atoms with van der Waals surface area (Å²) in [7, 11) is 0. The molecule has 3 aromatic rings. The van der Waals surface area contributed by atoms with E-state index in [1.807, 2.05) is 4.90 Å². The summed E-state index contributed by atoms with van der Waals surface area (Å²) in [5, 5.41) is 3.62. The first-order valence-electron chi connectivity index (χ1n) is 8.01. The lowest BCUT2D eigenvalue weighted by molar-refractivity contribution is 0.579. The van der Waals surface area contributed by atoms with Gasteiger partial charge in [0.1, 0.15) is 17.5 Å². The first-order valence-corrected chi connectivity index (χ1v) is 8.01. The van der Waals surface area contributed by atoms with E-state index in [9.17, 15) is 13.2 Å². The molecule has 1 aromatic heterocycles. The highest BCUT2D eigenvalue weighted by atomic mass is 19.1. The van der Waals surface area contributed by atoms with Crippen LogP contribution in [-0.2, 0) is 0 Å². The van der Waals surface area contributed by atoms with Crippen molar-refractivity contribution in [3.8, 4) is 11.3 Å². The maximum Gasteiger partial charge on any atom is 0.226 e. The molecule has 4 nitrogen and oxygen atoms in total. The van der Waals surface area contributed by atoms with Crippen LogP contribution in [0.5, 0.6) is 0 Å². The molecule has 0 saturated carbocycles. The number of rotatable bonds is 2. The third kappa shape index (κ3) is 2.91. The first-order chi connectivity index (χ1) is 12.1. The molecule has 0 unspecified atom stereocenters. The molecule has 1 N–H and O–H groups in total. The van der Waals surface area contributed by atoms with Gasteiger partial charge in [-0.25, -0.2) is 23.1 Å². The zero-order chi connectivity index (χ0) is 17.4. The molecule has 2 heterocycles. The van der Waals surface area contributed by atoms with Crippen molar-refractivity contribution in [3.05, 3.63) is 53.8 Å². The van der Waals surface area contributed by atoms with Crippen LogP contribution >= 0.6 is 0 Å². The van der Waals surface area contributed by atoms with E-state index >= 15 is 0 Å². The van der Waals surface area contributed by atoms with Crippen LogP contribution in [0.15, 0.2) is 36.4 Å². The van der Waals surface area contributed by atoms with Gasteiger partial charge in [-0.2, -0.15) is 0 Å². The standard InChI is InChI=1S/C18H15F3N4/c19-11-4-5-12-15(10-11)23-18(25-8-6-22-7-9-25)24-17(12)16-13(20)2-1-3-14(16)21/h1-5,10,22H,6-9H2. The lowest BCUT2D eigenvalue weighted by Crippen LogP contribution is -2.44. The van der Waals surface area contributed by atoms with E-state index in [1.54, 1.807) is 0 Å². The monoisotopic (exact) mass is 344 g/mol. The Morgan fingerprint density at radius 2 is 1.64 bits per heavy atom. The minimum absolute atomic E-state index is 0.133. The number of nitrogens with one attached hydrogen (secondary N) is 1. The molecule has 25 heavy (non-hydrogen) atoms. The highest BCUT2D eigenvalue weighted by molar-refractivity contribution is 5.93. The fourth-order valence-corrected chi connectivity index (χ4v) is 3.01. The summed E-state index contributed by atoms with van der Waals surface area (Å²) in [6.45, 7) is 2.85. The summed E-state index contributed by atoms with van der Waals surface area (Å²) in [4.78, 5) is 10.8. The molecule has 0 bridgehead atoms. The van der Waals surface area contributed by atoms with Gasteiger partial charge in [-0.1, -0.05) is 6.07 Å². The van der Waals surface area contributed by atoms with Gasteiger partial charge in [0.2, 0.25) is 5.95 Å². The number of hydrogen-bond acceptors (Lipinski definition) is 4. The second kappa shape index (κ2) is 6.33. The Labute approximate surface area is 142 Å². The Kier molecular flexibility index (Phi) is 4.01. The van der Waals surface area contributed by atoms with Crippen molar-refractivity contribution < 1.29 is 13.2 Å². The molecular weight excluding hydrogens is 329 g/mol. The van der Waals surface area contributed by atoms with Crippen molar-refractivity contribution in [1.82, 2.24) is 15.3 Å². The van der Waals surface area contributed by atoms with Crippen LogP contribution in [0, 0.1) is 17.5 Å². The van der Waals surface area contributed by atoms with Crippen molar-refractivity contribution in [2.75, 3.05) is 31.1 Å². The Bertz CT molecular complexity index is 919. The summed E-state index contributed by atoms with van der Waals surface area (Å²) >= 11 is 0. The number of hydrogen-bond donors (Lipinski definition) is 1. The highest BCUT2D eigenvalue weighted by Crippen LogP contribution is 2.32. The number of fused-ring (bicyclic) bond motifs is 1. The molecule has 1 aliphatic rings. The molecule has 1 saturated heterocycles. The smallest absolute Gasteiger partial charge is 0.226 e. The number of piperazine rings is 1. The molecule has 1 aliphatic heterocycles. The second-order valence-corrected chi connectivity index (χ2v) is 5.87. The lowest BCUT2D eigenvalue weighted by Gasteiger charge is -2.28. The van der Waals surface area contributed by atoms with Crippen molar-refractivity contribution >= 4 is 16.9 Å². The lowest BCUT2D eigenvalue weighted by atomic mass is 10.1. The second-order valence-electron chi connectivity index (χ2n) is 5.87. The number of nitrogens with zero attached hydrogens (tertiary/aromatic N) is 3. The third-order valence-corrected chi connectivity index (χ3v) is 4.25. The maximum atomic E-state index is 14.3.